The third-order valence-corrected chi connectivity index (χ3v) is 8.08. The largest absolute Gasteiger partial charge is 0.350 e. The van der Waals surface area contributed by atoms with Crippen molar-refractivity contribution in [2.24, 2.45) is 0 Å². The van der Waals surface area contributed by atoms with Crippen molar-refractivity contribution in [2.75, 3.05) is 6.54 Å². The highest BCUT2D eigenvalue weighted by Gasteiger charge is 2.30. The topological polar surface area (TPSA) is 63.2 Å². The number of benzene rings is 2. The molecule has 4 nitrogen and oxygen atoms in total. The number of carbonyl (C=O) groups excluding carboxylic acids is 1. The van der Waals surface area contributed by atoms with Gasteiger partial charge in [-0.1, -0.05) is 23.7 Å². The zero-order chi connectivity index (χ0) is 20.3. The van der Waals surface area contributed by atoms with Crippen LogP contribution < -0.4 is 5.32 Å². The maximum absolute atomic E-state index is 13.2. The van der Waals surface area contributed by atoms with Crippen LogP contribution in [0, 0.1) is 13.8 Å². The van der Waals surface area contributed by atoms with Gasteiger partial charge in [0.05, 0.1) is 4.90 Å². The maximum Gasteiger partial charge on any atom is 0.251 e. The molecule has 0 fully saturated rings. The van der Waals surface area contributed by atoms with Gasteiger partial charge in [-0.25, -0.2) is 8.42 Å². The first-order valence-electron chi connectivity index (χ1n) is 8.67. The summed E-state index contributed by atoms with van der Waals surface area (Å²) in [4.78, 5) is 13.4. The van der Waals surface area contributed by atoms with Crippen LogP contribution >= 0.6 is 22.9 Å². The van der Waals surface area contributed by atoms with E-state index in [1.165, 1.54) is 23.5 Å². The van der Waals surface area contributed by atoms with Crippen LogP contribution in [-0.4, -0.2) is 20.9 Å². The molecule has 0 bridgehead atoms. The molecule has 7 heteroatoms. The lowest BCUT2D eigenvalue weighted by Gasteiger charge is -2.18. The summed E-state index contributed by atoms with van der Waals surface area (Å²) in [6.45, 7) is 3.89. The van der Waals surface area contributed by atoms with E-state index in [0.29, 0.717) is 15.5 Å². The number of nitrogens with one attached hydrogen (secondary N) is 1. The molecule has 1 amide bonds. The summed E-state index contributed by atoms with van der Waals surface area (Å²) >= 11 is 7.24. The summed E-state index contributed by atoms with van der Waals surface area (Å²) < 4.78 is 26.4. The minimum Gasteiger partial charge on any atom is -0.350 e. The molecule has 0 spiro atoms. The van der Waals surface area contributed by atoms with Gasteiger partial charge >= 0.3 is 0 Å². The Morgan fingerprint density at radius 3 is 2.39 bits per heavy atom. The smallest absolute Gasteiger partial charge is 0.251 e. The molecular formula is C21H20ClNO3S2. The average molecular weight is 434 g/mol. The van der Waals surface area contributed by atoms with E-state index in [9.17, 15) is 13.2 Å². The van der Waals surface area contributed by atoms with Gasteiger partial charge < -0.3 is 5.32 Å². The van der Waals surface area contributed by atoms with Gasteiger partial charge in [-0.3, -0.25) is 4.79 Å². The van der Waals surface area contributed by atoms with Gasteiger partial charge in [0.15, 0.2) is 9.84 Å². The van der Waals surface area contributed by atoms with Crippen LogP contribution in [0.25, 0.3) is 0 Å². The molecule has 3 aromatic rings. The lowest BCUT2D eigenvalue weighted by Crippen LogP contribution is -2.31. The number of thiophene rings is 1. The molecule has 146 valence electrons. The van der Waals surface area contributed by atoms with E-state index in [1.54, 1.807) is 36.4 Å². The fourth-order valence-corrected chi connectivity index (χ4v) is 5.71. The normalized spacial score (nSPS) is 12.5. The second-order valence-electron chi connectivity index (χ2n) is 6.51. The van der Waals surface area contributed by atoms with Gasteiger partial charge in [0, 0.05) is 22.0 Å². The molecule has 2 aromatic carbocycles. The van der Waals surface area contributed by atoms with E-state index in [2.05, 4.69) is 5.32 Å². The Hall–Kier alpha value is -2.15. The summed E-state index contributed by atoms with van der Waals surface area (Å²) in [5, 5.41) is 4.20. The number of hydrogen-bond donors (Lipinski definition) is 1. The van der Waals surface area contributed by atoms with Crippen molar-refractivity contribution in [1.82, 2.24) is 5.32 Å². The summed E-state index contributed by atoms with van der Waals surface area (Å²) in [7, 11) is -3.70. The molecule has 1 N–H and O–H groups in total. The van der Waals surface area contributed by atoms with Crippen molar-refractivity contribution < 1.29 is 13.2 Å². The Kier molecular flexibility index (Phi) is 6.23. The molecule has 0 aliphatic rings. The number of amides is 1. The lowest BCUT2D eigenvalue weighted by atomic mass is 10.1. The fraction of sp³-hybridized carbons (Fsp3) is 0.190. The molecule has 1 unspecified atom stereocenters. The SMILES string of the molecule is Cc1ccc(C(=O)NCC(c2cccs2)S(=O)(=O)c2ccc(Cl)cc2)cc1C. The quantitative estimate of drug-likeness (QED) is 0.597. The molecule has 1 heterocycles. The minimum absolute atomic E-state index is 0.0166. The highest BCUT2D eigenvalue weighted by Crippen LogP contribution is 2.32. The van der Waals surface area contributed by atoms with Crippen molar-refractivity contribution in [3.63, 3.8) is 0 Å². The Bertz CT molecular complexity index is 1080. The lowest BCUT2D eigenvalue weighted by molar-refractivity contribution is 0.0953. The van der Waals surface area contributed by atoms with Gasteiger partial charge in [0.2, 0.25) is 0 Å². The van der Waals surface area contributed by atoms with Crippen molar-refractivity contribution in [2.45, 2.75) is 24.0 Å². The van der Waals surface area contributed by atoms with Gasteiger partial charge in [-0.15, -0.1) is 11.3 Å². The van der Waals surface area contributed by atoms with Gasteiger partial charge in [0.25, 0.3) is 5.91 Å². The van der Waals surface area contributed by atoms with Crippen LogP contribution in [0.4, 0.5) is 0 Å². The van der Waals surface area contributed by atoms with E-state index in [1.807, 2.05) is 25.3 Å². The van der Waals surface area contributed by atoms with Gasteiger partial charge in [-0.2, -0.15) is 0 Å². The fourth-order valence-electron chi connectivity index (χ4n) is 2.80. The predicted octanol–water partition coefficient (Wildman–Crippen LogP) is 4.96. The number of aryl methyl sites for hydroxylation is 2. The van der Waals surface area contributed by atoms with Crippen LogP contribution in [0.3, 0.4) is 0 Å². The predicted molar refractivity (Wildman–Crippen MR) is 114 cm³/mol. The Labute approximate surface area is 174 Å². The average Bonchev–Trinajstić information content (AvgIpc) is 3.18. The Morgan fingerprint density at radius 2 is 1.79 bits per heavy atom. The zero-order valence-electron chi connectivity index (χ0n) is 15.5. The standard InChI is InChI=1S/C21H20ClNO3S2/c1-14-5-6-16(12-15(14)2)21(24)23-13-20(19-4-3-11-27-19)28(25,26)18-9-7-17(22)8-10-18/h3-12,20H,13H2,1-2H3,(H,23,24). The number of halogens is 1. The third-order valence-electron chi connectivity index (χ3n) is 4.59. The molecule has 1 atom stereocenters. The van der Waals surface area contributed by atoms with E-state index >= 15 is 0 Å². The number of hydrogen-bond acceptors (Lipinski definition) is 4. The Balaban J connectivity index is 1.86. The summed E-state index contributed by atoms with van der Waals surface area (Å²) in [5.74, 6) is -0.295. The maximum atomic E-state index is 13.2. The third kappa shape index (κ3) is 4.46. The second kappa shape index (κ2) is 8.47. The van der Waals surface area contributed by atoms with Crippen LogP contribution in [0.15, 0.2) is 64.9 Å². The molecule has 1 aromatic heterocycles. The van der Waals surface area contributed by atoms with Crippen molar-refractivity contribution in [3.05, 3.63) is 86.6 Å². The first kappa shape index (κ1) is 20.6. The van der Waals surface area contributed by atoms with E-state index in [-0.39, 0.29) is 17.3 Å². The van der Waals surface area contributed by atoms with Crippen LogP contribution in [0.1, 0.15) is 31.6 Å². The highest BCUT2D eigenvalue weighted by molar-refractivity contribution is 7.91. The van der Waals surface area contributed by atoms with Crippen molar-refractivity contribution in [1.29, 1.82) is 0 Å². The molecule has 0 radical (unpaired) electrons. The van der Waals surface area contributed by atoms with Crippen molar-refractivity contribution >= 4 is 38.7 Å². The number of carbonyl (C=O) groups is 1. The number of rotatable bonds is 6. The molecule has 0 aliphatic carbocycles. The highest BCUT2D eigenvalue weighted by atomic mass is 35.5. The molecule has 0 saturated carbocycles. The molecule has 0 saturated heterocycles. The molecule has 3 rings (SSSR count). The Morgan fingerprint density at radius 1 is 1.07 bits per heavy atom. The van der Waals surface area contributed by atoms with E-state index in [4.69, 9.17) is 11.6 Å². The monoisotopic (exact) mass is 433 g/mol. The first-order chi connectivity index (χ1) is 13.3. The molecular weight excluding hydrogens is 414 g/mol. The van der Waals surface area contributed by atoms with Crippen LogP contribution in [0.2, 0.25) is 5.02 Å². The molecule has 28 heavy (non-hydrogen) atoms. The second-order valence-corrected chi connectivity index (χ2v) is 10.1. The first-order valence-corrected chi connectivity index (χ1v) is 11.5. The number of sulfone groups is 1. The van der Waals surface area contributed by atoms with Crippen LogP contribution in [0.5, 0.6) is 0 Å². The molecule has 0 aliphatic heterocycles. The van der Waals surface area contributed by atoms with E-state index < -0.39 is 15.1 Å². The van der Waals surface area contributed by atoms with Gasteiger partial charge in [0.1, 0.15) is 5.25 Å². The summed E-state index contributed by atoms with van der Waals surface area (Å²) in [5.41, 5.74) is 2.62. The zero-order valence-corrected chi connectivity index (χ0v) is 17.9. The van der Waals surface area contributed by atoms with E-state index in [0.717, 1.165) is 11.1 Å². The summed E-state index contributed by atoms with van der Waals surface area (Å²) in [6, 6.07) is 15.1. The summed E-state index contributed by atoms with van der Waals surface area (Å²) in [6.07, 6.45) is 0. The van der Waals surface area contributed by atoms with Gasteiger partial charge in [-0.05, 0) is 72.8 Å². The van der Waals surface area contributed by atoms with Crippen molar-refractivity contribution in [3.8, 4) is 0 Å². The minimum atomic E-state index is -3.70. The van der Waals surface area contributed by atoms with Crippen LogP contribution in [-0.2, 0) is 9.84 Å².